The summed E-state index contributed by atoms with van der Waals surface area (Å²) >= 11 is 0. The van der Waals surface area contributed by atoms with Crippen LogP contribution in [0, 0.1) is 18.8 Å². The summed E-state index contributed by atoms with van der Waals surface area (Å²) in [7, 11) is 0. The largest absolute Gasteiger partial charge is 0.379 e. The minimum Gasteiger partial charge on any atom is -0.379 e. The van der Waals surface area contributed by atoms with E-state index in [-0.39, 0.29) is 17.5 Å². The smallest absolute Gasteiger partial charge is 0.268 e. The van der Waals surface area contributed by atoms with Gasteiger partial charge in [-0.15, -0.1) is 0 Å². The van der Waals surface area contributed by atoms with E-state index in [9.17, 15) is 19.2 Å². The van der Waals surface area contributed by atoms with Gasteiger partial charge in [0.15, 0.2) is 0 Å². The number of H-pyrrole nitrogens is 1. The molecule has 0 unspecified atom stereocenters. The molecule has 1 saturated heterocycles. The van der Waals surface area contributed by atoms with Crippen LogP contribution < -0.4 is 16.0 Å². The van der Waals surface area contributed by atoms with E-state index in [2.05, 4.69) is 20.9 Å². The Kier molecular flexibility index (Phi) is 8.81. The Morgan fingerprint density at radius 3 is 2.62 bits per heavy atom. The number of amides is 1. The Balaban J connectivity index is 1.55. The maximum Gasteiger partial charge on any atom is 0.268 e. The quantitative estimate of drug-likeness (QED) is 0.370. The van der Waals surface area contributed by atoms with Crippen LogP contribution in [-0.4, -0.2) is 47.3 Å². The number of allylic oxidation sites excluding steroid dienone is 1. The number of fused-ring (bicyclic) bond motifs is 1. The third kappa shape index (κ3) is 6.49. The predicted molar refractivity (Wildman–Crippen MR) is 142 cm³/mol. The van der Waals surface area contributed by atoms with Gasteiger partial charge in [0.05, 0.1) is 17.8 Å². The molecule has 1 saturated carbocycles. The molecule has 1 amide bonds. The standard InChI is InChI=1S/C29H34N4O4/c1-19-6-5-9-24-23(19)16-26(32-24)29(37)33-25(14-20-7-3-2-4-8-20)28(18-36)31-22(11-13-34)15-21-10-12-30-27(21)17-35/h5-6,9,11,16,20-22,25,30-32H,2-4,7-8,10,12,14-15H2,1H3,(H,33,37)/t21-,22+,25-/m0/s1. The summed E-state index contributed by atoms with van der Waals surface area (Å²) in [5.74, 6) is 5.71. The fourth-order valence-corrected chi connectivity index (χ4v) is 5.65. The first-order chi connectivity index (χ1) is 18.0. The van der Waals surface area contributed by atoms with Crippen LogP contribution in [0.5, 0.6) is 0 Å². The van der Waals surface area contributed by atoms with E-state index in [0.717, 1.165) is 48.6 Å². The lowest BCUT2D eigenvalue weighted by atomic mass is 9.84. The van der Waals surface area contributed by atoms with Gasteiger partial charge in [-0.2, -0.15) is 0 Å². The number of aryl methyl sites for hydroxylation is 1. The van der Waals surface area contributed by atoms with Crippen molar-refractivity contribution in [1.29, 1.82) is 0 Å². The first-order valence-corrected chi connectivity index (χ1v) is 13.1. The van der Waals surface area contributed by atoms with Gasteiger partial charge in [-0.05, 0) is 49.8 Å². The summed E-state index contributed by atoms with van der Waals surface area (Å²) in [5.41, 5.74) is 3.04. The second kappa shape index (κ2) is 12.4. The van der Waals surface area contributed by atoms with E-state index >= 15 is 0 Å². The Morgan fingerprint density at radius 2 is 1.92 bits per heavy atom. The van der Waals surface area contributed by atoms with Crippen LogP contribution in [0.1, 0.15) is 67.4 Å². The zero-order valence-corrected chi connectivity index (χ0v) is 21.2. The molecule has 0 radical (unpaired) electrons. The van der Waals surface area contributed by atoms with Crippen LogP contribution in [0.25, 0.3) is 10.9 Å². The molecule has 3 atom stereocenters. The third-order valence-electron chi connectivity index (χ3n) is 7.66. The van der Waals surface area contributed by atoms with Gasteiger partial charge < -0.3 is 20.9 Å². The van der Waals surface area contributed by atoms with E-state index in [1.54, 1.807) is 0 Å². The molecule has 37 heavy (non-hydrogen) atoms. The van der Waals surface area contributed by atoms with Gasteiger partial charge in [0.25, 0.3) is 5.91 Å². The second-order valence-corrected chi connectivity index (χ2v) is 10.2. The molecule has 2 aliphatic rings. The lowest BCUT2D eigenvalue weighted by Crippen LogP contribution is -2.44. The number of hydrogen-bond donors (Lipinski definition) is 4. The average molecular weight is 503 g/mol. The number of rotatable bonds is 10. The molecule has 2 aromatic rings. The minimum atomic E-state index is -0.592. The SMILES string of the molecule is Cc1cccc2[nH]c(C(=O)N[C@@H](CC3CCCCC3)C(=C=O)N[C@H](C=C=O)C[C@@H]3CCNC3=C=O)cc12. The second-order valence-electron chi connectivity index (χ2n) is 10.2. The maximum absolute atomic E-state index is 13.3. The number of aromatic nitrogens is 1. The Morgan fingerprint density at radius 1 is 1.11 bits per heavy atom. The summed E-state index contributed by atoms with van der Waals surface area (Å²) in [6.45, 7) is 2.65. The van der Waals surface area contributed by atoms with Gasteiger partial charge in [-0.25, -0.2) is 14.4 Å². The van der Waals surface area contributed by atoms with E-state index in [1.165, 1.54) is 12.5 Å². The normalized spacial score (nSPS) is 19.2. The highest BCUT2D eigenvalue weighted by Gasteiger charge is 2.29. The topological polar surface area (TPSA) is 120 Å². The average Bonchev–Trinajstić information content (AvgIpc) is 3.55. The predicted octanol–water partition coefficient (Wildman–Crippen LogP) is 3.32. The van der Waals surface area contributed by atoms with Crippen molar-refractivity contribution in [2.75, 3.05) is 6.54 Å². The molecular weight excluding hydrogens is 468 g/mol. The molecular formula is C29H34N4O4. The van der Waals surface area contributed by atoms with Crippen molar-refractivity contribution in [1.82, 2.24) is 20.9 Å². The van der Waals surface area contributed by atoms with Crippen LogP contribution in [0.3, 0.4) is 0 Å². The van der Waals surface area contributed by atoms with Gasteiger partial charge in [0.1, 0.15) is 29.2 Å². The fourth-order valence-electron chi connectivity index (χ4n) is 5.65. The van der Waals surface area contributed by atoms with Crippen molar-refractivity contribution >= 4 is 34.6 Å². The summed E-state index contributed by atoms with van der Waals surface area (Å²) in [5, 5.41) is 10.2. The van der Waals surface area contributed by atoms with Crippen molar-refractivity contribution < 1.29 is 19.2 Å². The zero-order chi connectivity index (χ0) is 26.2. The first-order valence-electron chi connectivity index (χ1n) is 13.1. The van der Waals surface area contributed by atoms with E-state index in [4.69, 9.17) is 0 Å². The summed E-state index contributed by atoms with van der Waals surface area (Å²) < 4.78 is 0. The number of hydrogen-bond acceptors (Lipinski definition) is 6. The van der Waals surface area contributed by atoms with Gasteiger partial charge in [-0.3, -0.25) is 4.79 Å². The summed E-state index contributed by atoms with van der Waals surface area (Å²) in [6.07, 6.45) is 8.62. The Bertz CT molecular complexity index is 1270. The monoisotopic (exact) mass is 502 g/mol. The molecule has 1 aromatic carbocycles. The van der Waals surface area contributed by atoms with Crippen molar-refractivity contribution in [3.05, 3.63) is 53.0 Å². The van der Waals surface area contributed by atoms with Crippen LogP contribution in [-0.2, 0) is 14.4 Å². The molecule has 2 heterocycles. The number of carbonyl (C=O) groups is 1. The number of nitrogens with one attached hydrogen (secondary N) is 4. The Hall–Kier alpha value is -3.82. The molecule has 4 N–H and O–H groups in total. The van der Waals surface area contributed by atoms with Crippen molar-refractivity contribution in [2.24, 2.45) is 11.8 Å². The van der Waals surface area contributed by atoms with Crippen LogP contribution in [0.15, 0.2) is 41.7 Å². The van der Waals surface area contributed by atoms with Gasteiger partial charge in [0.2, 0.25) is 0 Å². The lowest BCUT2D eigenvalue weighted by Gasteiger charge is -2.29. The van der Waals surface area contributed by atoms with Crippen molar-refractivity contribution in [2.45, 2.75) is 70.4 Å². The van der Waals surface area contributed by atoms with Crippen molar-refractivity contribution in [3.63, 3.8) is 0 Å². The van der Waals surface area contributed by atoms with Crippen LogP contribution in [0.4, 0.5) is 0 Å². The number of carbonyl (C=O) groups excluding carboxylic acids is 4. The molecule has 0 bridgehead atoms. The van der Waals surface area contributed by atoms with Crippen molar-refractivity contribution in [3.8, 4) is 0 Å². The van der Waals surface area contributed by atoms with Gasteiger partial charge in [0, 0.05) is 29.4 Å². The zero-order valence-electron chi connectivity index (χ0n) is 21.2. The van der Waals surface area contributed by atoms with Crippen LogP contribution >= 0.6 is 0 Å². The molecule has 2 fully saturated rings. The molecule has 194 valence electrons. The molecule has 0 spiro atoms. The highest BCUT2D eigenvalue weighted by Crippen LogP contribution is 2.29. The number of benzene rings is 1. The Labute approximate surface area is 216 Å². The van der Waals surface area contributed by atoms with Crippen LogP contribution in [0.2, 0.25) is 0 Å². The van der Waals surface area contributed by atoms with Gasteiger partial charge in [-0.1, -0.05) is 44.2 Å². The lowest BCUT2D eigenvalue weighted by molar-refractivity contribution is 0.0930. The third-order valence-corrected chi connectivity index (χ3v) is 7.66. The van der Waals surface area contributed by atoms with E-state index in [0.29, 0.717) is 36.7 Å². The maximum atomic E-state index is 13.3. The summed E-state index contributed by atoms with van der Waals surface area (Å²) in [6, 6.07) is 6.55. The molecule has 8 heteroatoms. The van der Waals surface area contributed by atoms with E-state index < -0.39 is 12.1 Å². The molecule has 8 nitrogen and oxygen atoms in total. The molecule has 1 aliphatic carbocycles. The summed E-state index contributed by atoms with van der Waals surface area (Å²) in [4.78, 5) is 51.3. The van der Waals surface area contributed by atoms with E-state index in [1.807, 2.05) is 49.0 Å². The molecule has 1 aromatic heterocycles. The first kappa shape index (κ1) is 26.2. The molecule has 1 aliphatic heterocycles. The highest BCUT2D eigenvalue weighted by atomic mass is 16.2. The fraction of sp³-hybridized carbons (Fsp3) is 0.483. The van der Waals surface area contributed by atoms with Gasteiger partial charge >= 0.3 is 0 Å². The highest BCUT2D eigenvalue weighted by molar-refractivity contribution is 5.99. The minimum absolute atomic E-state index is 0.103. The number of aromatic amines is 1. The molecule has 4 rings (SSSR count).